The molecule has 1 aliphatic rings. The Morgan fingerprint density at radius 2 is 1.50 bits per heavy atom. The Morgan fingerprint density at radius 3 is 2.07 bits per heavy atom. The van der Waals surface area contributed by atoms with Gasteiger partial charge in [0.25, 0.3) is 0 Å². The molecular formula is C22H17NO5. The highest BCUT2D eigenvalue weighted by molar-refractivity contribution is 6.05. The molecule has 0 spiro atoms. The van der Waals surface area contributed by atoms with E-state index in [-0.39, 0.29) is 23.8 Å². The zero-order valence-corrected chi connectivity index (χ0v) is 14.8. The molecule has 0 atom stereocenters. The third-order valence-corrected chi connectivity index (χ3v) is 4.99. The lowest BCUT2D eigenvalue weighted by Crippen LogP contribution is -2.16. The van der Waals surface area contributed by atoms with Crippen LogP contribution in [0.3, 0.4) is 0 Å². The van der Waals surface area contributed by atoms with E-state index in [2.05, 4.69) is 0 Å². The van der Waals surface area contributed by atoms with Crippen molar-refractivity contribution in [2.45, 2.75) is 5.92 Å². The molecule has 140 valence electrons. The van der Waals surface area contributed by atoms with E-state index in [4.69, 9.17) is 10.5 Å². The first-order chi connectivity index (χ1) is 13.5. The van der Waals surface area contributed by atoms with Crippen LogP contribution in [0.25, 0.3) is 11.1 Å². The van der Waals surface area contributed by atoms with E-state index in [1.54, 1.807) is 0 Å². The number of benzene rings is 3. The number of aromatic hydroxyl groups is 1. The number of phenolic OH excluding ortho intramolecular Hbond substituents is 1. The van der Waals surface area contributed by atoms with E-state index in [1.165, 1.54) is 12.1 Å². The molecule has 6 nitrogen and oxygen atoms in total. The van der Waals surface area contributed by atoms with Gasteiger partial charge in [0, 0.05) is 5.92 Å². The fourth-order valence-electron chi connectivity index (χ4n) is 3.66. The van der Waals surface area contributed by atoms with Crippen molar-refractivity contribution in [1.82, 2.24) is 0 Å². The van der Waals surface area contributed by atoms with Crippen LogP contribution in [0, 0.1) is 0 Å². The van der Waals surface area contributed by atoms with E-state index in [1.807, 2.05) is 48.5 Å². The highest BCUT2D eigenvalue weighted by Crippen LogP contribution is 2.44. The summed E-state index contributed by atoms with van der Waals surface area (Å²) < 4.78 is 5.43. The van der Waals surface area contributed by atoms with Crippen molar-refractivity contribution < 1.29 is 24.5 Å². The molecular weight excluding hydrogens is 358 g/mol. The van der Waals surface area contributed by atoms with Crippen molar-refractivity contribution >= 4 is 17.6 Å². The maximum Gasteiger partial charge on any atom is 0.342 e. The largest absolute Gasteiger partial charge is 0.505 e. The average Bonchev–Trinajstić information content (AvgIpc) is 3.02. The van der Waals surface area contributed by atoms with Crippen LogP contribution in [0.4, 0.5) is 5.69 Å². The molecule has 4 N–H and O–H groups in total. The summed E-state index contributed by atoms with van der Waals surface area (Å²) in [5, 5.41) is 19.4. The minimum absolute atomic E-state index is 0.0140. The van der Waals surface area contributed by atoms with Crippen LogP contribution in [0.5, 0.6) is 5.75 Å². The zero-order chi connectivity index (χ0) is 19.8. The SMILES string of the molecule is Nc1ccc(C(=O)O)c(C(=O)OCC2c3ccccc3-c3ccccc32)c1O. The Balaban J connectivity index is 1.65. The van der Waals surface area contributed by atoms with Crippen molar-refractivity contribution in [2.24, 2.45) is 0 Å². The van der Waals surface area contributed by atoms with Crippen LogP contribution in [0.2, 0.25) is 0 Å². The smallest absolute Gasteiger partial charge is 0.342 e. The molecule has 6 heteroatoms. The predicted octanol–water partition coefficient (Wildman–Crippen LogP) is 3.64. The summed E-state index contributed by atoms with van der Waals surface area (Å²) in [6, 6.07) is 18.2. The summed E-state index contributed by atoms with van der Waals surface area (Å²) in [4.78, 5) is 24.0. The van der Waals surface area contributed by atoms with Crippen LogP contribution < -0.4 is 5.73 Å². The Bertz CT molecular complexity index is 1060. The molecule has 1 aliphatic carbocycles. The van der Waals surface area contributed by atoms with E-state index in [0.717, 1.165) is 22.3 Å². The van der Waals surface area contributed by atoms with E-state index in [9.17, 15) is 19.8 Å². The number of carbonyl (C=O) groups is 2. The number of nitrogen functional groups attached to an aromatic ring is 1. The van der Waals surface area contributed by atoms with Gasteiger partial charge in [-0.05, 0) is 34.4 Å². The molecule has 0 radical (unpaired) electrons. The molecule has 0 fully saturated rings. The molecule has 4 rings (SSSR count). The predicted molar refractivity (Wildman–Crippen MR) is 103 cm³/mol. The monoisotopic (exact) mass is 375 g/mol. The van der Waals surface area contributed by atoms with Crippen LogP contribution >= 0.6 is 0 Å². The summed E-state index contributed by atoms with van der Waals surface area (Å²) in [6.45, 7) is 0.0140. The molecule has 28 heavy (non-hydrogen) atoms. The Kier molecular flexibility index (Phi) is 4.24. The van der Waals surface area contributed by atoms with Gasteiger partial charge in [0.1, 0.15) is 12.2 Å². The van der Waals surface area contributed by atoms with Crippen LogP contribution in [-0.2, 0) is 4.74 Å². The number of hydrogen-bond acceptors (Lipinski definition) is 5. The lowest BCUT2D eigenvalue weighted by atomic mass is 9.98. The number of rotatable bonds is 4. The quantitative estimate of drug-likeness (QED) is 0.365. The number of anilines is 1. The molecule has 0 aliphatic heterocycles. The van der Waals surface area contributed by atoms with Gasteiger partial charge in [-0.2, -0.15) is 0 Å². The zero-order valence-electron chi connectivity index (χ0n) is 14.8. The number of nitrogens with two attached hydrogens (primary N) is 1. The summed E-state index contributed by atoms with van der Waals surface area (Å²) in [6.07, 6.45) is 0. The summed E-state index contributed by atoms with van der Waals surface area (Å²) in [5.41, 5.74) is 8.97. The molecule has 3 aromatic rings. The maximum atomic E-state index is 12.6. The van der Waals surface area contributed by atoms with Gasteiger partial charge >= 0.3 is 11.9 Å². The summed E-state index contributed by atoms with van der Waals surface area (Å²) >= 11 is 0. The highest BCUT2D eigenvalue weighted by Gasteiger charge is 2.30. The number of carboxylic acids is 1. The van der Waals surface area contributed by atoms with Gasteiger partial charge in [-0.15, -0.1) is 0 Å². The number of esters is 1. The minimum Gasteiger partial charge on any atom is -0.505 e. The van der Waals surface area contributed by atoms with Crippen LogP contribution in [0.1, 0.15) is 37.8 Å². The van der Waals surface area contributed by atoms with Gasteiger partial charge in [0.15, 0.2) is 5.75 Å². The first-order valence-electron chi connectivity index (χ1n) is 8.69. The third-order valence-electron chi connectivity index (χ3n) is 4.99. The first-order valence-corrected chi connectivity index (χ1v) is 8.69. The number of fused-ring (bicyclic) bond motifs is 3. The molecule has 0 unspecified atom stereocenters. The lowest BCUT2D eigenvalue weighted by Gasteiger charge is -2.15. The molecule has 0 saturated carbocycles. The van der Waals surface area contributed by atoms with Crippen molar-refractivity contribution in [3.05, 3.63) is 82.9 Å². The fourth-order valence-corrected chi connectivity index (χ4v) is 3.66. The van der Waals surface area contributed by atoms with Crippen molar-refractivity contribution in [3.8, 4) is 16.9 Å². The molecule has 0 amide bonds. The van der Waals surface area contributed by atoms with E-state index >= 15 is 0 Å². The number of phenols is 1. The Hall–Kier alpha value is -3.80. The van der Waals surface area contributed by atoms with Crippen molar-refractivity contribution in [2.75, 3.05) is 12.3 Å². The topological polar surface area (TPSA) is 110 Å². The van der Waals surface area contributed by atoms with Gasteiger partial charge in [0.05, 0.1) is 11.3 Å². The third kappa shape index (κ3) is 2.75. The summed E-state index contributed by atoms with van der Waals surface area (Å²) in [7, 11) is 0. The molecule has 0 heterocycles. The van der Waals surface area contributed by atoms with Crippen molar-refractivity contribution in [3.63, 3.8) is 0 Å². The van der Waals surface area contributed by atoms with Gasteiger partial charge in [-0.1, -0.05) is 48.5 Å². The molecule has 0 bridgehead atoms. The first kappa shape index (κ1) is 17.6. The number of hydrogen-bond donors (Lipinski definition) is 3. The summed E-state index contributed by atoms with van der Waals surface area (Å²) in [5.74, 6) is -3.03. The van der Waals surface area contributed by atoms with Gasteiger partial charge in [-0.3, -0.25) is 0 Å². The van der Waals surface area contributed by atoms with E-state index in [0.29, 0.717) is 0 Å². The second kappa shape index (κ2) is 6.74. The number of carboxylic acid groups (broad SMARTS) is 1. The Labute approximate surface area is 160 Å². The van der Waals surface area contributed by atoms with Crippen LogP contribution in [-0.4, -0.2) is 28.8 Å². The molecule has 0 aromatic heterocycles. The normalized spacial score (nSPS) is 12.3. The van der Waals surface area contributed by atoms with Gasteiger partial charge in [-0.25, -0.2) is 9.59 Å². The van der Waals surface area contributed by atoms with Gasteiger partial charge < -0.3 is 20.7 Å². The number of ether oxygens (including phenoxy) is 1. The second-order valence-electron chi connectivity index (χ2n) is 6.56. The van der Waals surface area contributed by atoms with Crippen LogP contribution in [0.15, 0.2) is 60.7 Å². The standard InChI is InChI=1S/C22H17NO5/c23-18-10-9-16(21(25)26)19(20(18)24)22(27)28-11-17-14-7-3-1-5-12(14)13-6-2-4-8-15(13)17/h1-10,17,24H,11,23H2,(H,25,26). The molecule has 0 saturated heterocycles. The highest BCUT2D eigenvalue weighted by atomic mass is 16.5. The average molecular weight is 375 g/mol. The maximum absolute atomic E-state index is 12.6. The minimum atomic E-state index is -1.35. The van der Waals surface area contributed by atoms with Gasteiger partial charge in [0.2, 0.25) is 0 Å². The Morgan fingerprint density at radius 1 is 0.929 bits per heavy atom. The van der Waals surface area contributed by atoms with Crippen molar-refractivity contribution in [1.29, 1.82) is 0 Å². The fraction of sp³-hybridized carbons (Fsp3) is 0.0909. The second-order valence-corrected chi connectivity index (χ2v) is 6.56. The number of aromatic carboxylic acids is 1. The van der Waals surface area contributed by atoms with E-state index < -0.39 is 23.3 Å². The number of carbonyl (C=O) groups excluding carboxylic acids is 1. The lowest BCUT2D eigenvalue weighted by molar-refractivity contribution is 0.0480. The molecule has 3 aromatic carbocycles.